The van der Waals surface area contributed by atoms with E-state index >= 15 is 0 Å². The molecule has 2 heterocycles. The number of carbonyl (C=O) groups is 1. The van der Waals surface area contributed by atoms with Gasteiger partial charge in [0.05, 0.1) is 10.6 Å². The van der Waals surface area contributed by atoms with Crippen LogP contribution in [0.25, 0.3) is 0 Å². The maximum atomic E-state index is 12.8. The average molecular weight is 309 g/mol. The summed E-state index contributed by atoms with van der Waals surface area (Å²) in [5.41, 5.74) is 0.414. The number of likely N-dealkylation sites (tertiary alicyclic amines) is 1. The first-order valence-electron chi connectivity index (χ1n) is 7.67. The van der Waals surface area contributed by atoms with Gasteiger partial charge in [-0.15, -0.1) is 0 Å². The van der Waals surface area contributed by atoms with Crippen LogP contribution in [0.15, 0.2) is 18.2 Å². The molecule has 1 atom stereocenters. The summed E-state index contributed by atoms with van der Waals surface area (Å²) in [4.78, 5) is 14.8. The maximum absolute atomic E-state index is 12.8. The number of piperidine rings is 1. The summed E-state index contributed by atoms with van der Waals surface area (Å²) in [5, 5.41) is 13.4. The number of benzene rings is 1. The van der Waals surface area contributed by atoms with Gasteiger partial charge in [-0.25, -0.2) is 0 Å². The summed E-state index contributed by atoms with van der Waals surface area (Å²) in [5.74, 6) is 0.617. The Kier molecular flexibility index (Phi) is 4.36. The molecule has 2 N–H and O–H groups in total. The lowest BCUT2D eigenvalue weighted by Gasteiger charge is -2.34. The van der Waals surface area contributed by atoms with E-state index < -0.39 is 0 Å². The van der Waals surface area contributed by atoms with Gasteiger partial charge in [-0.05, 0) is 62.9 Å². The monoisotopic (exact) mass is 308 g/mol. The molecule has 1 aromatic carbocycles. The van der Waals surface area contributed by atoms with Crippen molar-refractivity contribution in [1.29, 1.82) is 0 Å². The second-order valence-electron chi connectivity index (χ2n) is 5.96. The van der Waals surface area contributed by atoms with Crippen LogP contribution in [0.2, 0.25) is 5.02 Å². The van der Waals surface area contributed by atoms with E-state index in [0.29, 0.717) is 22.5 Å². The van der Waals surface area contributed by atoms with Crippen molar-refractivity contribution >= 4 is 17.5 Å². The number of nitrogens with zero attached hydrogens (tertiary/aromatic N) is 1. The number of amides is 1. The average Bonchev–Trinajstić information content (AvgIpc) is 2.99. The van der Waals surface area contributed by atoms with Crippen molar-refractivity contribution < 1.29 is 9.90 Å². The van der Waals surface area contributed by atoms with Crippen LogP contribution in [0.4, 0.5) is 0 Å². The third-order valence-electron chi connectivity index (χ3n) is 4.67. The lowest BCUT2D eigenvalue weighted by molar-refractivity contribution is 0.0666. The molecular weight excluding hydrogens is 288 g/mol. The van der Waals surface area contributed by atoms with E-state index in [2.05, 4.69) is 5.32 Å². The van der Waals surface area contributed by atoms with Crippen molar-refractivity contribution in [2.75, 3.05) is 19.6 Å². The van der Waals surface area contributed by atoms with Crippen LogP contribution >= 0.6 is 11.6 Å². The van der Waals surface area contributed by atoms with Gasteiger partial charge in [-0.3, -0.25) is 4.79 Å². The number of rotatable bonds is 2. The number of halogens is 1. The minimum atomic E-state index is -0.0445. The highest BCUT2D eigenvalue weighted by Gasteiger charge is 2.36. The lowest BCUT2D eigenvalue weighted by Crippen LogP contribution is -2.43. The molecule has 0 aromatic heterocycles. The molecule has 0 spiro atoms. The number of nitrogens with one attached hydrogen (secondary N) is 1. The number of hydrogen-bond acceptors (Lipinski definition) is 3. The predicted molar refractivity (Wildman–Crippen MR) is 82.8 cm³/mol. The fraction of sp³-hybridized carbons (Fsp3) is 0.562. The molecular formula is C16H21ClN2O2. The lowest BCUT2D eigenvalue weighted by atomic mass is 9.88. The molecule has 21 heavy (non-hydrogen) atoms. The van der Waals surface area contributed by atoms with Crippen LogP contribution in [-0.4, -0.2) is 41.6 Å². The minimum absolute atomic E-state index is 0.0445. The smallest absolute Gasteiger partial charge is 0.255 e. The van der Waals surface area contributed by atoms with Crippen LogP contribution in [-0.2, 0) is 0 Å². The predicted octanol–water partition coefficient (Wildman–Crippen LogP) is 2.65. The van der Waals surface area contributed by atoms with E-state index in [-0.39, 0.29) is 11.7 Å². The Balaban J connectivity index is 1.80. The number of hydrogen-bond donors (Lipinski definition) is 2. The summed E-state index contributed by atoms with van der Waals surface area (Å²) in [6.45, 7) is 2.87. The molecule has 5 heteroatoms. The van der Waals surface area contributed by atoms with Crippen molar-refractivity contribution in [2.45, 2.75) is 31.7 Å². The summed E-state index contributed by atoms with van der Waals surface area (Å²) in [7, 11) is 0. The summed E-state index contributed by atoms with van der Waals surface area (Å²) in [6, 6.07) is 4.88. The van der Waals surface area contributed by atoms with Gasteiger partial charge in [0.2, 0.25) is 0 Å². The highest BCUT2D eigenvalue weighted by molar-refractivity contribution is 6.33. The van der Waals surface area contributed by atoms with E-state index in [1.54, 1.807) is 6.07 Å². The Hall–Kier alpha value is -1.26. The molecule has 1 unspecified atom stereocenters. The quantitative estimate of drug-likeness (QED) is 0.883. The fourth-order valence-electron chi connectivity index (χ4n) is 3.60. The van der Waals surface area contributed by atoms with Gasteiger partial charge in [0.15, 0.2) is 0 Å². The third-order valence-corrected chi connectivity index (χ3v) is 5.00. The van der Waals surface area contributed by atoms with Crippen LogP contribution in [0.1, 0.15) is 36.0 Å². The molecule has 0 radical (unpaired) electrons. The Morgan fingerprint density at radius 2 is 2.05 bits per heavy atom. The molecule has 0 aliphatic carbocycles. The molecule has 114 valence electrons. The zero-order chi connectivity index (χ0) is 14.8. The van der Waals surface area contributed by atoms with Crippen molar-refractivity contribution in [3.8, 4) is 5.75 Å². The number of carbonyl (C=O) groups excluding carboxylic acids is 1. The van der Waals surface area contributed by atoms with Crippen LogP contribution in [0.3, 0.4) is 0 Å². The highest BCUT2D eigenvalue weighted by atomic mass is 35.5. The molecule has 1 amide bonds. The molecule has 3 rings (SSSR count). The Morgan fingerprint density at radius 3 is 2.81 bits per heavy atom. The second-order valence-corrected chi connectivity index (χ2v) is 6.37. The fourth-order valence-corrected chi connectivity index (χ4v) is 3.79. The first-order chi connectivity index (χ1) is 10.2. The number of phenols is 1. The van der Waals surface area contributed by atoms with E-state index in [1.807, 2.05) is 4.90 Å². The topological polar surface area (TPSA) is 52.6 Å². The first kappa shape index (κ1) is 14.7. The SMILES string of the molecule is O=C(c1cc(O)ccc1Cl)N1CCCC1C1CCNCC1. The van der Waals surface area contributed by atoms with Crippen molar-refractivity contribution in [2.24, 2.45) is 5.92 Å². The maximum Gasteiger partial charge on any atom is 0.255 e. The molecule has 2 aliphatic heterocycles. The van der Waals surface area contributed by atoms with Gasteiger partial charge in [0, 0.05) is 12.6 Å². The summed E-state index contributed by atoms with van der Waals surface area (Å²) >= 11 is 6.13. The zero-order valence-corrected chi connectivity index (χ0v) is 12.8. The van der Waals surface area contributed by atoms with Gasteiger partial charge in [0.25, 0.3) is 5.91 Å². The molecule has 1 aromatic rings. The number of phenolic OH excluding ortho intramolecular Hbond substituents is 1. The van der Waals surface area contributed by atoms with Crippen molar-refractivity contribution in [3.05, 3.63) is 28.8 Å². The summed E-state index contributed by atoms with van der Waals surface area (Å²) in [6.07, 6.45) is 4.38. The van der Waals surface area contributed by atoms with Gasteiger partial charge < -0.3 is 15.3 Å². The van der Waals surface area contributed by atoms with Gasteiger partial charge in [0.1, 0.15) is 5.75 Å². The number of aromatic hydroxyl groups is 1. The Labute approximate surface area is 130 Å². The molecule has 4 nitrogen and oxygen atoms in total. The van der Waals surface area contributed by atoms with Crippen LogP contribution in [0.5, 0.6) is 5.75 Å². The van der Waals surface area contributed by atoms with Crippen LogP contribution < -0.4 is 5.32 Å². The van der Waals surface area contributed by atoms with E-state index in [9.17, 15) is 9.90 Å². The Bertz CT molecular complexity index is 529. The second kappa shape index (κ2) is 6.24. The third kappa shape index (κ3) is 3.01. The molecule has 2 saturated heterocycles. The van der Waals surface area contributed by atoms with Gasteiger partial charge in [-0.1, -0.05) is 11.6 Å². The van der Waals surface area contributed by atoms with Gasteiger partial charge >= 0.3 is 0 Å². The largest absolute Gasteiger partial charge is 0.508 e. The van der Waals surface area contributed by atoms with Crippen LogP contribution in [0, 0.1) is 5.92 Å². The van der Waals surface area contributed by atoms with Crippen molar-refractivity contribution in [3.63, 3.8) is 0 Å². The molecule has 0 saturated carbocycles. The first-order valence-corrected chi connectivity index (χ1v) is 8.05. The van der Waals surface area contributed by atoms with Crippen molar-refractivity contribution in [1.82, 2.24) is 10.2 Å². The Morgan fingerprint density at radius 1 is 1.29 bits per heavy atom. The standard InChI is InChI=1S/C16H21ClN2O2/c17-14-4-3-12(20)10-13(14)16(21)19-9-1-2-15(19)11-5-7-18-8-6-11/h3-4,10-11,15,18,20H,1-2,5-9H2. The minimum Gasteiger partial charge on any atom is -0.508 e. The zero-order valence-electron chi connectivity index (χ0n) is 12.0. The van der Waals surface area contributed by atoms with E-state index in [1.165, 1.54) is 12.1 Å². The van der Waals surface area contributed by atoms with Gasteiger partial charge in [-0.2, -0.15) is 0 Å². The highest BCUT2D eigenvalue weighted by Crippen LogP contribution is 2.32. The van der Waals surface area contributed by atoms with E-state index in [4.69, 9.17) is 11.6 Å². The normalized spacial score (nSPS) is 23.5. The summed E-state index contributed by atoms with van der Waals surface area (Å²) < 4.78 is 0. The molecule has 0 bridgehead atoms. The van der Waals surface area contributed by atoms with E-state index in [0.717, 1.165) is 45.3 Å². The molecule has 2 fully saturated rings. The molecule has 2 aliphatic rings.